The quantitative estimate of drug-likeness (QED) is 0.148. The maximum Gasteiger partial charge on any atom is 0.231 e. The first-order chi connectivity index (χ1) is 55.4. The van der Waals surface area contributed by atoms with Gasteiger partial charge in [-0.1, -0.05) is 60.7 Å². The van der Waals surface area contributed by atoms with Crippen LogP contribution in [0.3, 0.4) is 0 Å². The highest BCUT2D eigenvalue weighted by molar-refractivity contribution is 5.89. The highest BCUT2D eigenvalue weighted by Crippen LogP contribution is 2.59. The smallest absolute Gasteiger partial charge is 0.231 e. The average molecular weight is 1550 g/mol. The van der Waals surface area contributed by atoms with Crippen molar-refractivity contribution >= 4 is 0 Å². The number of rotatable bonds is 0. The number of aryl methyl sites for hydroxylation is 9. The Kier molecular flexibility index (Phi) is 19.8. The minimum Gasteiger partial charge on any atom is -0.454 e. The topological polar surface area (TPSA) is 53.1 Å². The third-order valence-electron chi connectivity index (χ3n) is 31.7. The fraction of sp³-hybridized carbons (Fsp3) is 0.439. The summed E-state index contributed by atoms with van der Waals surface area (Å²) in [6.45, 7) is 51.9. The SMILES string of the molecule is Cc1cc2c(cc1C)-c1c(C)c(C)c(C)c3c1C(C2)N(C)CC3.Cc1cc2c(cc1C)-c1c(C)c(C)c(C)c3c1C(C2)N(C)CC3.Cc1cc2c(cc1C)-c1c(C)c(C)c(C)c3c1C(C2)N(C)CC3.Cc1cc2c(cc1C)-c1c3c(c(C)c4c1C(C2)N(C)CC4)OCO3.Cc1ccc2c(c1C)-c1c3c(cc4c1C(C2)N(C)CC4)OCO3. The van der Waals surface area contributed by atoms with Crippen LogP contribution >= 0.6 is 0 Å². The van der Waals surface area contributed by atoms with Crippen LogP contribution in [0.2, 0.25) is 0 Å². The van der Waals surface area contributed by atoms with Crippen molar-refractivity contribution in [3.8, 4) is 78.6 Å². The van der Waals surface area contributed by atoms with Crippen LogP contribution in [-0.2, 0) is 64.2 Å². The molecule has 22 rings (SSSR count). The van der Waals surface area contributed by atoms with Crippen molar-refractivity contribution in [1.82, 2.24) is 24.5 Å². The molecule has 9 nitrogen and oxygen atoms in total. The van der Waals surface area contributed by atoms with Crippen LogP contribution < -0.4 is 18.9 Å². The van der Waals surface area contributed by atoms with E-state index in [-0.39, 0.29) is 0 Å². The predicted molar refractivity (Wildman–Crippen MR) is 480 cm³/mol. The van der Waals surface area contributed by atoms with Crippen LogP contribution in [-0.4, -0.2) is 106 Å². The number of ether oxygens (including phenoxy) is 4. The molecule has 0 fully saturated rings. The lowest BCUT2D eigenvalue weighted by atomic mass is 9.72. The molecule has 602 valence electrons. The van der Waals surface area contributed by atoms with Gasteiger partial charge in [0.05, 0.1) is 0 Å². The summed E-state index contributed by atoms with van der Waals surface area (Å²) in [5.41, 5.74) is 66.4. The van der Waals surface area contributed by atoms with E-state index < -0.39 is 0 Å². The Hall–Kier alpha value is -8.80. The van der Waals surface area contributed by atoms with Gasteiger partial charge in [0.15, 0.2) is 23.0 Å². The summed E-state index contributed by atoms with van der Waals surface area (Å²) < 4.78 is 23.5. The highest BCUT2D eigenvalue weighted by atomic mass is 16.7. The molecule has 0 amide bonds. The zero-order valence-electron chi connectivity index (χ0n) is 74.6. The van der Waals surface area contributed by atoms with E-state index in [9.17, 15) is 0 Å². The van der Waals surface area contributed by atoms with Crippen molar-refractivity contribution in [2.24, 2.45) is 0 Å². The van der Waals surface area contributed by atoms with Crippen molar-refractivity contribution in [3.63, 3.8) is 0 Å². The Morgan fingerprint density at radius 1 is 0.233 bits per heavy atom. The molecule has 9 heteroatoms. The molecule has 0 N–H and O–H groups in total. The van der Waals surface area contributed by atoms with Gasteiger partial charge in [-0.05, 0) is 483 Å². The molecule has 10 aromatic rings. The fourth-order valence-electron chi connectivity index (χ4n) is 23.3. The van der Waals surface area contributed by atoms with Gasteiger partial charge in [-0.3, -0.25) is 24.5 Å². The molecule has 5 aliphatic carbocycles. The van der Waals surface area contributed by atoms with E-state index in [0.717, 1.165) is 81.0 Å². The average Bonchev–Trinajstić information content (AvgIpc) is 1.05. The van der Waals surface area contributed by atoms with Crippen molar-refractivity contribution in [1.29, 1.82) is 0 Å². The minimum absolute atomic E-state index is 0.339. The number of nitrogens with zero attached hydrogens (tertiary/aromatic N) is 5. The third kappa shape index (κ3) is 12.3. The lowest BCUT2D eigenvalue weighted by Gasteiger charge is -2.42. The number of hydrogen-bond donors (Lipinski definition) is 0. The summed E-state index contributed by atoms with van der Waals surface area (Å²) >= 11 is 0. The molecular weight excluding hydrogens is 1420 g/mol. The summed E-state index contributed by atoms with van der Waals surface area (Å²) in [5.74, 6) is 3.82. The van der Waals surface area contributed by atoms with E-state index in [4.69, 9.17) is 18.9 Å². The largest absolute Gasteiger partial charge is 0.454 e. The van der Waals surface area contributed by atoms with Gasteiger partial charge in [-0.15, -0.1) is 0 Å². The third-order valence-corrected chi connectivity index (χ3v) is 31.7. The van der Waals surface area contributed by atoms with Crippen molar-refractivity contribution in [2.75, 3.05) is 81.5 Å². The van der Waals surface area contributed by atoms with E-state index in [0.29, 0.717) is 43.8 Å². The molecule has 5 atom stereocenters. The zero-order chi connectivity index (χ0) is 81.7. The molecular formula is C107H125N5O4. The van der Waals surface area contributed by atoms with Gasteiger partial charge in [0.1, 0.15) is 0 Å². The standard InChI is InChI=1S/3C22H27N.C21H23NO2.C20H21NO2/c3*1-12-9-17-11-20-22-18(7-8-23(20)6)15(4)14(3)16(5)21(22)19(17)10-13(12)2;1-11-7-14-9-17-18-15(5-6-22(17)4)13(3)20-21(24-10-23-20)19(18)16(14)8-12(11)2;1-11-4-5-13-8-15-18-14(6-7-21(15)3)9-16-20(23-10-22-16)19(18)17(13)12(11)2/h3*9-10,20H,7-8,11H2,1-6H3;7-8,17H,5-6,9-10H2,1-4H3;4-5,9,15H,6-8,10H2,1-3H3. The maximum atomic E-state index is 5.97. The molecule has 0 spiro atoms. The number of likely N-dealkylation sites (N-methyl/N-ethyl adjacent to an activating group) is 5. The first kappa shape index (κ1) is 78.4. The van der Waals surface area contributed by atoms with Crippen molar-refractivity contribution in [2.45, 2.75) is 233 Å². The van der Waals surface area contributed by atoms with Gasteiger partial charge in [-0.25, -0.2) is 0 Å². The summed E-state index contributed by atoms with van der Waals surface area (Å²) in [4.78, 5) is 12.7. The molecule has 0 aromatic heterocycles. The molecule has 116 heavy (non-hydrogen) atoms. The molecule has 7 aliphatic heterocycles. The van der Waals surface area contributed by atoms with Gasteiger partial charge in [0, 0.05) is 74.1 Å². The van der Waals surface area contributed by atoms with Gasteiger partial charge in [-0.2, -0.15) is 0 Å². The number of benzene rings is 10. The summed E-state index contributed by atoms with van der Waals surface area (Å²) in [6, 6.07) is 28.7. The van der Waals surface area contributed by atoms with E-state index in [1.165, 1.54) is 239 Å². The highest BCUT2D eigenvalue weighted by Gasteiger charge is 2.44. The Balaban J connectivity index is 0.000000100. The molecule has 0 radical (unpaired) electrons. The van der Waals surface area contributed by atoms with E-state index in [2.05, 4.69) is 265 Å². The number of fused-ring (bicyclic) bond motifs is 14. The van der Waals surface area contributed by atoms with Crippen LogP contribution in [0.15, 0.2) is 66.7 Å². The summed E-state index contributed by atoms with van der Waals surface area (Å²) in [7, 11) is 11.4. The predicted octanol–water partition coefficient (Wildman–Crippen LogP) is 22.8. The van der Waals surface area contributed by atoms with E-state index in [1.807, 2.05) is 0 Å². The van der Waals surface area contributed by atoms with Crippen LogP contribution in [0.4, 0.5) is 0 Å². The van der Waals surface area contributed by atoms with Gasteiger partial charge in [0.2, 0.25) is 13.6 Å². The Morgan fingerprint density at radius 3 is 0.940 bits per heavy atom. The normalized spacial score (nSPS) is 20.1. The molecule has 7 heterocycles. The number of hydrogen-bond acceptors (Lipinski definition) is 9. The van der Waals surface area contributed by atoms with Crippen molar-refractivity contribution < 1.29 is 18.9 Å². The van der Waals surface area contributed by atoms with Gasteiger partial charge < -0.3 is 18.9 Å². The van der Waals surface area contributed by atoms with Crippen LogP contribution in [0.25, 0.3) is 55.6 Å². The second-order valence-corrected chi connectivity index (χ2v) is 37.6. The van der Waals surface area contributed by atoms with Crippen LogP contribution in [0.5, 0.6) is 23.0 Å². The lowest BCUT2D eigenvalue weighted by molar-refractivity contribution is 0.173. The lowest BCUT2D eigenvalue weighted by Crippen LogP contribution is -2.36. The van der Waals surface area contributed by atoms with Crippen LogP contribution in [0, 0.1) is 138 Å². The molecule has 0 bridgehead atoms. The first-order valence-corrected chi connectivity index (χ1v) is 43.7. The molecule has 10 aromatic carbocycles. The minimum atomic E-state index is 0.339. The second-order valence-electron chi connectivity index (χ2n) is 37.6. The molecule has 0 saturated carbocycles. The second kappa shape index (κ2) is 29.3. The summed E-state index contributed by atoms with van der Waals surface area (Å²) in [5, 5.41) is 0. The molecule has 12 aliphatic rings. The van der Waals surface area contributed by atoms with Crippen LogP contribution in [0.1, 0.15) is 225 Å². The van der Waals surface area contributed by atoms with Gasteiger partial charge >= 0.3 is 0 Å². The fourth-order valence-corrected chi connectivity index (χ4v) is 23.3. The van der Waals surface area contributed by atoms with Gasteiger partial charge in [0.25, 0.3) is 0 Å². The Bertz CT molecular complexity index is 5530. The molecule has 5 unspecified atom stereocenters. The van der Waals surface area contributed by atoms with E-state index in [1.54, 1.807) is 50.1 Å². The maximum absolute atomic E-state index is 5.97. The Labute approximate surface area is 693 Å². The zero-order valence-corrected chi connectivity index (χ0v) is 74.6. The molecule has 0 saturated heterocycles. The Morgan fingerprint density at radius 2 is 0.543 bits per heavy atom. The monoisotopic (exact) mass is 1540 g/mol. The summed E-state index contributed by atoms with van der Waals surface area (Å²) in [6.07, 6.45) is 11.4. The first-order valence-electron chi connectivity index (χ1n) is 43.7. The van der Waals surface area contributed by atoms with Crippen molar-refractivity contribution in [3.05, 3.63) is 261 Å². The van der Waals surface area contributed by atoms with E-state index >= 15 is 0 Å².